The fraction of sp³-hybridized carbons (Fsp3) is 0.647. The number of carbonyl (C=O) groups is 6. The van der Waals surface area contributed by atoms with E-state index in [4.69, 9.17) is 14.2 Å². The number of carbonyl (C=O) groups excluding carboxylic acids is 2. The third kappa shape index (κ3) is 20.0. The highest BCUT2D eigenvalue weighted by Gasteiger charge is 2.29. The van der Waals surface area contributed by atoms with E-state index in [0.29, 0.717) is 0 Å². The van der Waals surface area contributed by atoms with Crippen molar-refractivity contribution < 1.29 is 85.7 Å². The first-order valence-electron chi connectivity index (χ1n) is 17.9. The van der Waals surface area contributed by atoms with Crippen molar-refractivity contribution in [1.82, 2.24) is 24.9 Å². The van der Waals surface area contributed by atoms with E-state index in [2.05, 4.69) is 10.1 Å². The minimum Gasteiger partial charge on any atom is -0.480 e. The summed E-state index contributed by atoms with van der Waals surface area (Å²) in [4.78, 5) is 77.4. The number of ether oxygens (including phenoxy) is 4. The molecule has 1 atom stereocenters. The van der Waals surface area contributed by atoms with E-state index in [1.54, 1.807) is 19.6 Å². The van der Waals surface area contributed by atoms with E-state index in [1.807, 2.05) is 0 Å². The Morgan fingerprint density at radius 2 is 1.04 bits per heavy atom. The Labute approximate surface area is 324 Å². The molecule has 1 heterocycles. The molecule has 23 heteroatoms. The zero-order chi connectivity index (χ0) is 42.3. The lowest BCUT2D eigenvalue weighted by atomic mass is 10.1. The highest BCUT2D eigenvalue weighted by molar-refractivity contribution is 5.78. The van der Waals surface area contributed by atoms with Crippen LogP contribution < -0.4 is 10.1 Å². The molecule has 1 aliphatic heterocycles. The molecule has 322 valence electrons. The summed E-state index contributed by atoms with van der Waals surface area (Å²) in [6, 6.07) is -1.18. The van der Waals surface area contributed by atoms with Crippen LogP contribution in [0.5, 0.6) is 5.75 Å². The van der Waals surface area contributed by atoms with Crippen molar-refractivity contribution in [3.63, 3.8) is 0 Å². The topological polar surface area (TPSA) is 245 Å². The van der Waals surface area contributed by atoms with Gasteiger partial charge in [-0.2, -0.15) is 8.78 Å². The zero-order valence-corrected chi connectivity index (χ0v) is 31.2. The van der Waals surface area contributed by atoms with Crippen LogP contribution >= 0.6 is 0 Å². The van der Waals surface area contributed by atoms with Crippen LogP contribution in [0.15, 0.2) is 6.07 Å². The second kappa shape index (κ2) is 26.4. The average Bonchev–Trinajstić information content (AvgIpc) is 3.13. The van der Waals surface area contributed by atoms with Gasteiger partial charge >= 0.3 is 29.8 Å². The van der Waals surface area contributed by atoms with Crippen LogP contribution in [0.2, 0.25) is 0 Å². The number of nitrogens with zero attached hydrogens (tertiary/aromatic N) is 4. The van der Waals surface area contributed by atoms with Gasteiger partial charge in [0.25, 0.3) is 0 Å². The number of carboxylic acids is 4. The minimum absolute atomic E-state index is 0.0178. The molecule has 0 bridgehead atoms. The largest absolute Gasteiger partial charge is 0.480 e. The van der Waals surface area contributed by atoms with Gasteiger partial charge in [-0.3, -0.25) is 48.4 Å². The molecule has 1 aliphatic rings. The van der Waals surface area contributed by atoms with Gasteiger partial charge in [0.2, 0.25) is 23.3 Å². The Kier molecular flexibility index (Phi) is 22.5. The van der Waals surface area contributed by atoms with Crippen molar-refractivity contribution in [3.8, 4) is 5.75 Å². The van der Waals surface area contributed by atoms with Crippen LogP contribution in [0.1, 0.15) is 19.3 Å². The van der Waals surface area contributed by atoms with Gasteiger partial charge in [-0.15, -0.1) is 0 Å². The highest BCUT2D eigenvalue weighted by Crippen LogP contribution is 2.26. The van der Waals surface area contributed by atoms with Gasteiger partial charge in [-0.05, 0) is 6.42 Å². The molecule has 2 rings (SSSR count). The van der Waals surface area contributed by atoms with Crippen LogP contribution in [0.25, 0.3) is 0 Å². The molecule has 1 aromatic rings. The maximum absolute atomic E-state index is 13.6. The zero-order valence-electron chi connectivity index (χ0n) is 31.2. The molecule has 0 unspecified atom stereocenters. The number of benzene rings is 1. The molecule has 5 N–H and O–H groups in total. The van der Waals surface area contributed by atoms with Crippen LogP contribution in [0, 0.1) is 23.3 Å². The molecule has 0 aromatic heterocycles. The van der Waals surface area contributed by atoms with Gasteiger partial charge in [0.05, 0.1) is 65.7 Å². The number of carboxylic acid groups (broad SMARTS) is 4. The van der Waals surface area contributed by atoms with Gasteiger partial charge < -0.3 is 44.7 Å². The lowest BCUT2D eigenvalue weighted by Gasteiger charge is -2.35. The SMILES string of the molecule is O=C(O)CN1CCN(CC(=O)O)CCN([C@H](CCC(=O)NCCOCCOCCOCCC(=O)Oc2c(F)c(F)cc(F)c2F)C(=O)O)CCN(CC(=O)O)CC1. The first kappa shape index (κ1) is 48.6. The van der Waals surface area contributed by atoms with E-state index in [-0.39, 0.29) is 137 Å². The predicted octanol–water partition coefficient (Wildman–Crippen LogP) is -0.587. The van der Waals surface area contributed by atoms with Crippen molar-refractivity contribution in [3.05, 3.63) is 29.3 Å². The van der Waals surface area contributed by atoms with Gasteiger partial charge in [0, 0.05) is 71.4 Å². The number of amides is 1. The standard InChI is InChI=1S/C34H49F4N5O14/c35-23-19-24(36)32(38)33(31(23)37)57-30(51)3-13-54-15-17-56-18-16-55-14-4-39-26(44)2-1-25(34(52)53)43-11-9-41(21-28(47)48)7-5-40(20-27(45)46)6-8-42(10-12-43)22-29(49)50/h19,25H,1-18,20-22H2,(H,39,44)(H,45,46)(H,47,48)(H,49,50)(H,52,53)/t25-/m1/s1. The van der Waals surface area contributed by atoms with Gasteiger partial charge in [0.1, 0.15) is 6.04 Å². The fourth-order valence-corrected chi connectivity index (χ4v) is 5.50. The van der Waals surface area contributed by atoms with Crippen molar-refractivity contribution >= 4 is 35.8 Å². The van der Waals surface area contributed by atoms with Crippen molar-refractivity contribution in [2.24, 2.45) is 0 Å². The first-order chi connectivity index (χ1) is 27.1. The summed E-state index contributed by atoms with van der Waals surface area (Å²) in [7, 11) is 0. The fourth-order valence-electron chi connectivity index (χ4n) is 5.50. The molecule has 0 aliphatic carbocycles. The molecule has 19 nitrogen and oxygen atoms in total. The average molecular weight is 828 g/mol. The van der Waals surface area contributed by atoms with Crippen molar-refractivity contribution in [2.45, 2.75) is 25.3 Å². The summed E-state index contributed by atoms with van der Waals surface area (Å²) >= 11 is 0. The molecule has 1 amide bonds. The lowest BCUT2D eigenvalue weighted by Crippen LogP contribution is -2.52. The van der Waals surface area contributed by atoms with E-state index >= 15 is 0 Å². The summed E-state index contributed by atoms with van der Waals surface area (Å²) in [5.74, 6) is -14.8. The molecular weight excluding hydrogens is 778 g/mol. The third-order valence-corrected chi connectivity index (χ3v) is 8.37. The Bertz CT molecular complexity index is 1440. The molecule has 1 fully saturated rings. The maximum Gasteiger partial charge on any atom is 0.320 e. The number of hydrogen-bond acceptors (Lipinski definition) is 14. The molecule has 0 radical (unpaired) electrons. The van der Waals surface area contributed by atoms with Gasteiger partial charge in [0.15, 0.2) is 11.6 Å². The second-order valence-electron chi connectivity index (χ2n) is 12.6. The quantitative estimate of drug-likeness (QED) is 0.0288. The Morgan fingerprint density at radius 3 is 1.47 bits per heavy atom. The summed E-state index contributed by atoms with van der Waals surface area (Å²) < 4.78 is 73.8. The molecule has 1 saturated heterocycles. The second-order valence-corrected chi connectivity index (χ2v) is 12.6. The van der Waals surface area contributed by atoms with E-state index < -0.39 is 77.2 Å². The summed E-state index contributed by atoms with van der Waals surface area (Å²) in [6.07, 6.45) is -0.750. The van der Waals surface area contributed by atoms with Crippen molar-refractivity contribution in [1.29, 1.82) is 0 Å². The Balaban J connectivity index is 1.72. The number of esters is 1. The summed E-state index contributed by atoms with van der Waals surface area (Å²) in [6.45, 7) is 0.328. The number of hydrogen-bond donors (Lipinski definition) is 5. The molecular formula is C34H49F4N5O14. The summed E-state index contributed by atoms with van der Waals surface area (Å²) in [5, 5.41) is 40.9. The maximum atomic E-state index is 13.6. The third-order valence-electron chi connectivity index (χ3n) is 8.37. The van der Waals surface area contributed by atoms with Gasteiger partial charge in [-0.1, -0.05) is 0 Å². The number of aliphatic carboxylic acids is 4. The van der Waals surface area contributed by atoms with Crippen LogP contribution in [-0.2, 0) is 43.0 Å². The normalized spacial score (nSPS) is 15.9. The smallest absolute Gasteiger partial charge is 0.320 e. The predicted molar refractivity (Wildman–Crippen MR) is 186 cm³/mol. The van der Waals surface area contributed by atoms with Crippen molar-refractivity contribution in [2.75, 3.05) is 118 Å². The Hall–Kier alpha value is -4.52. The molecule has 1 aromatic carbocycles. The van der Waals surface area contributed by atoms with Crippen LogP contribution in [-0.4, -0.2) is 200 Å². The molecule has 0 saturated carbocycles. The van der Waals surface area contributed by atoms with E-state index in [1.165, 1.54) is 0 Å². The van der Waals surface area contributed by atoms with E-state index in [9.17, 15) is 66.8 Å². The van der Waals surface area contributed by atoms with Crippen LogP contribution in [0.3, 0.4) is 0 Å². The molecule has 0 spiro atoms. The molecule has 57 heavy (non-hydrogen) atoms. The number of rotatable bonds is 24. The first-order valence-corrected chi connectivity index (χ1v) is 17.9. The van der Waals surface area contributed by atoms with E-state index in [0.717, 1.165) is 0 Å². The monoisotopic (exact) mass is 827 g/mol. The number of nitrogens with one attached hydrogen (secondary N) is 1. The van der Waals surface area contributed by atoms with Crippen LogP contribution in [0.4, 0.5) is 17.6 Å². The Morgan fingerprint density at radius 1 is 0.614 bits per heavy atom. The minimum atomic E-state index is -1.84. The lowest BCUT2D eigenvalue weighted by molar-refractivity contribution is -0.145. The summed E-state index contributed by atoms with van der Waals surface area (Å²) in [5.41, 5.74) is 0. The van der Waals surface area contributed by atoms with Gasteiger partial charge in [-0.25, -0.2) is 8.78 Å². The highest BCUT2D eigenvalue weighted by atomic mass is 19.2. The number of halogens is 4.